The molecule has 0 saturated heterocycles. The SMILES string of the molecule is Cc1cc(C)c(N2c3ccc([Si](c4ccccc4)(c4ccccc4)c4ccccc4)cc3B3c4ccc(-n5c6ccc(C(C)(C)C)cc6c6cc(C(C)(C)C)ccc65)cc4N(c4c(C)cc(C)cc4C)c4cc(C(C)(C)C)cc2c43)c(C)c1. The quantitative estimate of drug-likeness (QED) is 0.116. The third-order valence-electron chi connectivity index (χ3n) is 18.4. The highest BCUT2D eigenvalue weighted by atomic mass is 28.3. The van der Waals surface area contributed by atoms with Gasteiger partial charge < -0.3 is 14.4 Å². The summed E-state index contributed by atoms with van der Waals surface area (Å²) in [5.74, 6) is 0. The fraction of sp³-hybridized carbons (Fsp3) is 0.231. The summed E-state index contributed by atoms with van der Waals surface area (Å²) in [6.45, 7) is 34.8. The second-order valence-electron chi connectivity index (χ2n) is 27.4. The normalized spacial score (nSPS) is 13.4. The van der Waals surface area contributed by atoms with Crippen LogP contribution < -0.4 is 46.9 Å². The number of benzene rings is 10. The number of anilines is 6. The third kappa shape index (κ3) is 8.67. The first-order valence-electron chi connectivity index (χ1n) is 30.0. The third-order valence-corrected chi connectivity index (χ3v) is 23.2. The van der Waals surface area contributed by atoms with Crippen LogP contribution in [0.25, 0.3) is 27.5 Å². The molecule has 2 aliphatic heterocycles. The van der Waals surface area contributed by atoms with Crippen molar-refractivity contribution in [2.45, 2.75) is 120 Å². The average Bonchev–Trinajstić information content (AvgIpc) is 1.34. The minimum atomic E-state index is -2.99. The zero-order chi connectivity index (χ0) is 58.2. The van der Waals surface area contributed by atoms with Gasteiger partial charge in [-0.15, -0.1) is 0 Å². The molecule has 0 N–H and O–H groups in total. The van der Waals surface area contributed by atoms with Crippen LogP contribution in [-0.2, 0) is 16.2 Å². The Kier molecular flexibility index (Phi) is 12.7. The number of fused-ring (bicyclic) bond motifs is 7. The summed E-state index contributed by atoms with van der Waals surface area (Å²) in [5, 5.41) is 8.06. The first kappa shape index (κ1) is 54.1. The maximum Gasteiger partial charge on any atom is 0.252 e. The van der Waals surface area contributed by atoms with E-state index in [4.69, 9.17) is 0 Å². The standard InChI is InChI=1S/C78H78BN3Si/c1-49-39-51(3)74(52(4)40-49)81-69-38-34-62(83(59-25-19-16-20-26-59,60-27-21-17-22-28-60)61-29-23-18-24-30-61)48-66(69)79-65-35-33-58(80-67-36-31-55(76(7,8)9)43-63(67)64-44-56(77(10,11)12)32-37-68(64)80)47-70(65)82(75-53(5)41-50(2)42-54(75)6)72-46-57(78(13,14)15)45-71(81)73(72)79/h16-48H,1-15H3. The zero-order valence-corrected chi connectivity index (χ0v) is 52.5. The molecule has 3 nitrogen and oxygen atoms in total. The van der Waals surface area contributed by atoms with Crippen molar-refractivity contribution in [3.63, 3.8) is 0 Å². The van der Waals surface area contributed by atoms with Gasteiger partial charge in [-0.05, 0) is 188 Å². The van der Waals surface area contributed by atoms with E-state index in [0.717, 1.165) is 5.69 Å². The van der Waals surface area contributed by atoms with E-state index in [-0.39, 0.29) is 23.0 Å². The summed E-state index contributed by atoms with van der Waals surface area (Å²) < 4.78 is 2.56. The summed E-state index contributed by atoms with van der Waals surface area (Å²) in [7, 11) is -2.99. The topological polar surface area (TPSA) is 11.4 Å². The number of hydrogen-bond donors (Lipinski definition) is 0. The zero-order valence-electron chi connectivity index (χ0n) is 51.5. The van der Waals surface area contributed by atoms with Gasteiger partial charge in [-0.25, -0.2) is 0 Å². The molecule has 1 aromatic heterocycles. The summed E-state index contributed by atoms with van der Waals surface area (Å²) in [5.41, 5.74) is 26.4. The van der Waals surface area contributed by atoms with Gasteiger partial charge in [0.15, 0.2) is 8.07 Å². The second-order valence-corrected chi connectivity index (χ2v) is 31.3. The van der Waals surface area contributed by atoms with Crippen LogP contribution in [0.1, 0.15) is 112 Å². The monoisotopic (exact) mass is 1100 g/mol. The second kappa shape index (κ2) is 19.5. The van der Waals surface area contributed by atoms with Crippen molar-refractivity contribution in [1.82, 2.24) is 4.57 Å². The van der Waals surface area contributed by atoms with Gasteiger partial charge in [0.2, 0.25) is 0 Å². The Morgan fingerprint density at radius 3 is 1.18 bits per heavy atom. The van der Waals surface area contributed by atoms with Crippen molar-refractivity contribution >= 4 is 108 Å². The van der Waals surface area contributed by atoms with Crippen LogP contribution in [0.3, 0.4) is 0 Å². The highest BCUT2D eigenvalue weighted by Crippen LogP contribution is 2.49. The van der Waals surface area contributed by atoms with Crippen molar-refractivity contribution in [3.8, 4) is 5.69 Å². The lowest BCUT2D eigenvalue weighted by Gasteiger charge is -2.46. The molecule has 83 heavy (non-hydrogen) atoms. The molecular formula is C78H78BN3Si. The van der Waals surface area contributed by atoms with E-state index in [1.54, 1.807) is 0 Å². The number of hydrogen-bond acceptors (Lipinski definition) is 2. The van der Waals surface area contributed by atoms with E-state index in [9.17, 15) is 0 Å². The van der Waals surface area contributed by atoms with E-state index < -0.39 is 8.07 Å². The molecule has 2 aliphatic rings. The van der Waals surface area contributed by atoms with Gasteiger partial charge in [0.05, 0.1) is 22.4 Å². The van der Waals surface area contributed by atoms with Crippen molar-refractivity contribution < 1.29 is 0 Å². The fourth-order valence-corrected chi connectivity index (χ4v) is 19.4. The summed E-state index contributed by atoms with van der Waals surface area (Å²) in [6, 6.07) is 78.6. The maximum atomic E-state index is 2.69. The molecule has 0 spiro atoms. The molecule has 5 heteroatoms. The summed E-state index contributed by atoms with van der Waals surface area (Å²) in [6.07, 6.45) is 0. The molecule has 3 heterocycles. The van der Waals surface area contributed by atoms with Crippen molar-refractivity contribution in [3.05, 3.63) is 250 Å². The molecule has 0 radical (unpaired) electrons. The minimum absolute atomic E-state index is 0.00744. The van der Waals surface area contributed by atoms with Crippen LogP contribution in [0.15, 0.2) is 200 Å². The lowest BCUT2D eigenvalue weighted by molar-refractivity contribution is 0.590. The van der Waals surface area contributed by atoms with Crippen LogP contribution in [-0.4, -0.2) is 19.4 Å². The predicted molar refractivity (Wildman–Crippen MR) is 363 cm³/mol. The lowest BCUT2D eigenvalue weighted by Crippen LogP contribution is -2.75. The van der Waals surface area contributed by atoms with Gasteiger partial charge in [0, 0.05) is 39.2 Å². The van der Waals surface area contributed by atoms with E-state index in [1.807, 2.05) is 0 Å². The van der Waals surface area contributed by atoms with Crippen LogP contribution in [0.4, 0.5) is 34.1 Å². The van der Waals surface area contributed by atoms with Crippen LogP contribution >= 0.6 is 0 Å². The molecule has 0 atom stereocenters. The molecule has 0 amide bonds. The molecule has 0 saturated carbocycles. The Morgan fingerprint density at radius 2 is 0.759 bits per heavy atom. The van der Waals surface area contributed by atoms with Crippen molar-refractivity contribution in [2.24, 2.45) is 0 Å². The first-order valence-corrected chi connectivity index (χ1v) is 32.0. The minimum Gasteiger partial charge on any atom is -0.311 e. The Bertz CT molecular complexity index is 4180. The Hall–Kier alpha value is -8.12. The summed E-state index contributed by atoms with van der Waals surface area (Å²) in [4.78, 5) is 5.36. The first-order chi connectivity index (χ1) is 39.5. The van der Waals surface area contributed by atoms with Crippen molar-refractivity contribution in [1.29, 1.82) is 0 Å². The predicted octanol–water partition coefficient (Wildman–Crippen LogP) is 16.0. The maximum absolute atomic E-state index is 2.99. The van der Waals surface area contributed by atoms with Crippen LogP contribution in [0.5, 0.6) is 0 Å². The van der Waals surface area contributed by atoms with Gasteiger partial charge in [0.1, 0.15) is 0 Å². The van der Waals surface area contributed by atoms with Crippen molar-refractivity contribution in [2.75, 3.05) is 9.80 Å². The Balaban J connectivity index is 1.18. The molecule has 0 fully saturated rings. The van der Waals surface area contributed by atoms with Gasteiger partial charge in [0.25, 0.3) is 6.71 Å². The smallest absolute Gasteiger partial charge is 0.252 e. The molecule has 412 valence electrons. The van der Waals surface area contributed by atoms with Crippen LogP contribution in [0, 0.1) is 41.5 Å². The Morgan fingerprint density at radius 1 is 0.337 bits per heavy atom. The molecule has 11 aromatic rings. The molecule has 0 unspecified atom stereocenters. The summed E-state index contributed by atoms with van der Waals surface area (Å²) >= 11 is 0. The van der Waals surface area contributed by atoms with E-state index in [2.05, 4.69) is 318 Å². The van der Waals surface area contributed by atoms with E-state index in [0.29, 0.717) is 0 Å². The Labute approximate surface area is 495 Å². The van der Waals surface area contributed by atoms with E-state index >= 15 is 0 Å². The molecule has 0 bridgehead atoms. The van der Waals surface area contributed by atoms with Crippen LogP contribution in [0.2, 0.25) is 0 Å². The fourth-order valence-electron chi connectivity index (χ4n) is 14.6. The number of rotatable bonds is 7. The molecular weight excluding hydrogens is 1020 g/mol. The molecule has 13 rings (SSSR count). The molecule has 0 aliphatic carbocycles. The lowest BCUT2D eigenvalue weighted by atomic mass is 9.33. The highest BCUT2D eigenvalue weighted by molar-refractivity contribution is 7.20. The largest absolute Gasteiger partial charge is 0.311 e. The number of aryl methyl sites for hydroxylation is 6. The van der Waals surface area contributed by atoms with Gasteiger partial charge in [-0.1, -0.05) is 219 Å². The highest BCUT2D eigenvalue weighted by Gasteiger charge is 2.48. The van der Waals surface area contributed by atoms with Gasteiger partial charge in [-0.2, -0.15) is 0 Å². The average molecular weight is 1100 g/mol. The number of nitrogens with zero attached hydrogens (tertiary/aromatic N) is 3. The molecule has 10 aromatic carbocycles. The van der Waals surface area contributed by atoms with E-state index in [1.165, 1.54) is 143 Å². The van der Waals surface area contributed by atoms with Gasteiger partial charge in [-0.3, -0.25) is 0 Å². The number of aromatic nitrogens is 1. The van der Waals surface area contributed by atoms with Gasteiger partial charge >= 0.3 is 0 Å².